The highest BCUT2D eigenvalue weighted by atomic mass is 16.5. The van der Waals surface area contributed by atoms with E-state index in [2.05, 4.69) is 0 Å². The van der Waals surface area contributed by atoms with Gasteiger partial charge in [0.05, 0.1) is 0 Å². The van der Waals surface area contributed by atoms with Gasteiger partial charge in [0.15, 0.2) is 0 Å². The molecule has 1 aliphatic rings. The molecule has 1 fully saturated rings. The Morgan fingerprint density at radius 3 is 2.90 bits per heavy atom. The summed E-state index contributed by atoms with van der Waals surface area (Å²) >= 11 is 0. The average Bonchev–Trinajstić information content (AvgIpc) is 2.40. The lowest BCUT2D eigenvalue weighted by Gasteiger charge is -2.12. The fraction of sp³-hybridized carbons (Fsp3) is 1.00. The number of nitrogens with two attached hydrogens (primary N) is 2. The number of rotatable bonds is 3. The Bertz CT molecular complexity index is 91.6. The molecule has 4 N–H and O–H groups in total. The van der Waals surface area contributed by atoms with Gasteiger partial charge in [0, 0.05) is 25.8 Å². The summed E-state index contributed by atoms with van der Waals surface area (Å²) in [6.07, 6.45) is 2.18. The lowest BCUT2D eigenvalue weighted by molar-refractivity contribution is 0.183. The van der Waals surface area contributed by atoms with Crippen LogP contribution in [0.3, 0.4) is 0 Å². The van der Waals surface area contributed by atoms with Gasteiger partial charge in [-0.15, -0.1) is 0 Å². The summed E-state index contributed by atoms with van der Waals surface area (Å²) < 4.78 is 5.21. The Morgan fingerprint density at radius 2 is 2.40 bits per heavy atom. The highest BCUT2D eigenvalue weighted by Gasteiger charge is 2.17. The van der Waals surface area contributed by atoms with Crippen molar-refractivity contribution < 1.29 is 4.74 Å². The van der Waals surface area contributed by atoms with E-state index >= 15 is 0 Å². The Kier molecular flexibility index (Phi) is 3.12. The van der Waals surface area contributed by atoms with Gasteiger partial charge in [0.2, 0.25) is 0 Å². The first-order chi connectivity index (χ1) is 4.83. The van der Waals surface area contributed by atoms with E-state index in [9.17, 15) is 0 Å². The third-order valence-corrected chi connectivity index (χ3v) is 1.96. The summed E-state index contributed by atoms with van der Waals surface area (Å²) in [5.74, 6) is 0.665. The molecule has 1 rings (SSSR count). The van der Waals surface area contributed by atoms with Crippen LogP contribution < -0.4 is 11.5 Å². The molecule has 0 spiro atoms. The van der Waals surface area contributed by atoms with E-state index in [1.165, 1.54) is 0 Å². The standard InChI is InChI=1S/C7H16N2O/c8-4-7(9)3-6-1-2-10-5-6/h6-7H,1-5,8-9H2. The smallest absolute Gasteiger partial charge is 0.0495 e. The maximum absolute atomic E-state index is 5.67. The van der Waals surface area contributed by atoms with Crippen LogP contribution in [0.5, 0.6) is 0 Å². The van der Waals surface area contributed by atoms with Crippen LogP contribution in [0.1, 0.15) is 12.8 Å². The molecular formula is C7H16N2O. The predicted octanol–water partition coefficient (Wildman–Crippen LogP) is -0.301. The van der Waals surface area contributed by atoms with Crippen molar-refractivity contribution in [3.63, 3.8) is 0 Å². The average molecular weight is 144 g/mol. The molecule has 1 saturated heterocycles. The van der Waals surface area contributed by atoms with Crippen LogP contribution in [0.4, 0.5) is 0 Å². The van der Waals surface area contributed by atoms with Crippen molar-refractivity contribution in [1.82, 2.24) is 0 Å². The van der Waals surface area contributed by atoms with Gasteiger partial charge in [-0.05, 0) is 18.8 Å². The summed E-state index contributed by atoms with van der Waals surface area (Å²) in [6.45, 7) is 2.38. The predicted molar refractivity (Wildman–Crippen MR) is 40.6 cm³/mol. The van der Waals surface area contributed by atoms with Gasteiger partial charge in [0.25, 0.3) is 0 Å². The first-order valence-corrected chi connectivity index (χ1v) is 3.86. The molecule has 0 saturated carbocycles. The fourth-order valence-electron chi connectivity index (χ4n) is 1.29. The molecule has 0 aromatic heterocycles. The summed E-state index contributed by atoms with van der Waals surface area (Å²) in [6, 6.07) is 0.173. The van der Waals surface area contributed by atoms with Crippen molar-refractivity contribution >= 4 is 0 Å². The lowest BCUT2D eigenvalue weighted by Crippen LogP contribution is -2.31. The van der Waals surface area contributed by atoms with Crippen molar-refractivity contribution in [1.29, 1.82) is 0 Å². The van der Waals surface area contributed by atoms with Crippen LogP contribution in [0.15, 0.2) is 0 Å². The van der Waals surface area contributed by atoms with Crippen LogP contribution in [0.25, 0.3) is 0 Å². The minimum absolute atomic E-state index is 0.173. The normalized spacial score (nSPS) is 28.8. The van der Waals surface area contributed by atoms with E-state index in [1.54, 1.807) is 0 Å². The Labute approximate surface area is 61.7 Å². The fourth-order valence-corrected chi connectivity index (χ4v) is 1.29. The van der Waals surface area contributed by atoms with Crippen molar-refractivity contribution in [3.8, 4) is 0 Å². The third-order valence-electron chi connectivity index (χ3n) is 1.96. The molecule has 0 aliphatic carbocycles. The highest BCUT2D eigenvalue weighted by molar-refractivity contribution is 4.71. The molecule has 2 atom stereocenters. The Morgan fingerprint density at radius 1 is 1.60 bits per heavy atom. The van der Waals surface area contributed by atoms with Gasteiger partial charge in [-0.2, -0.15) is 0 Å². The van der Waals surface area contributed by atoms with Gasteiger partial charge < -0.3 is 16.2 Å². The molecule has 0 amide bonds. The van der Waals surface area contributed by atoms with Gasteiger partial charge in [-0.25, -0.2) is 0 Å². The summed E-state index contributed by atoms with van der Waals surface area (Å²) in [4.78, 5) is 0. The van der Waals surface area contributed by atoms with Gasteiger partial charge >= 0.3 is 0 Å². The third kappa shape index (κ3) is 2.25. The Hall–Kier alpha value is -0.120. The summed E-state index contributed by atoms with van der Waals surface area (Å²) in [7, 11) is 0. The zero-order valence-electron chi connectivity index (χ0n) is 6.25. The van der Waals surface area contributed by atoms with Crippen LogP contribution in [-0.4, -0.2) is 25.8 Å². The second-order valence-corrected chi connectivity index (χ2v) is 2.96. The summed E-state index contributed by atoms with van der Waals surface area (Å²) in [5.41, 5.74) is 11.1. The largest absolute Gasteiger partial charge is 0.381 e. The molecular weight excluding hydrogens is 128 g/mol. The molecule has 3 nitrogen and oxygen atoms in total. The molecule has 0 aromatic carbocycles. The molecule has 3 heteroatoms. The Balaban J connectivity index is 2.11. The maximum atomic E-state index is 5.67. The van der Waals surface area contributed by atoms with Crippen molar-refractivity contribution in [3.05, 3.63) is 0 Å². The van der Waals surface area contributed by atoms with E-state index in [-0.39, 0.29) is 6.04 Å². The minimum Gasteiger partial charge on any atom is -0.381 e. The molecule has 1 heterocycles. The van der Waals surface area contributed by atoms with Gasteiger partial charge in [0.1, 0.15) is 0 Å². The van der Waals surface area contributed by atoms with Crippen LogP contribution >= 0.6 is 0 Å². The van der Waals surface area contributed by atoms with E-state index in [1.807, 2.05) is 0 Å². The zero-order valence-corrected chi connectivity index (χ0v) is 6.25. The maximum Gasteiger partial charge on any atom is 0.0495 e. The van der Waals surface area contributed by atoms with E-state index < -0.39 is 0 Å². The highest BCUT2D eigenvalue weighted by Crippen LogP contribution is 2.16. The SMILES string of the molecule is NCC(N)CC1CCOC1. The van der Waals surface area contributed by atoms with E-state index in [4.69, 9.17) is 16.2 Å². The van der Waals surface area contributed by atoms with Crippen molar-refractivity contribution in [2.45, 2.75) is 18.9 Å². The topological polar surface area (TPSA) is 61.3 Å². The van der Waals surface area contributed by atoms with Crippen LogP contribution in [0.2, 0.25) is 0 Å². The molecule has 10 heavy (non-hydrogen) atoms. The van der Waals surface area contributed by atoms with E-state index in [0.29, 0.717) is 12.5 Å². The number of hydrogen-bond acceptors (Lipinski definition) is 3. The van der Waals surface area contributed by atoms with Gasteiger partial charge in [-0.3, -0.25) is 0 Å². The number of hydrogen-bond donors (Lipinski definition) is 2. The molecule has 60 valence electrons. The molecule has 2 unspecified atom stereocenters. The first kappa shape index (κ1) is 7.98. The molecule has 0 aromatic rings. The quantitative estimate of drug-likeness (QED) is 0.571. The van der Waals surface area contributed by atoms with Crippen LogP contribution in [0, 0.1) is 5.92 Å². The zero-order chi connectivity index (χ0) is 7.40. The first-order valence-electron chi connectivity index (χ1n) is 3.86. The second kappa shape index (κ2) is 3.91. The van der Waals surface area contributed by atoms with Crippen LogP contribution in [-0.2, 0) is 4.74 Å². The number of ether oxygens (including phenoxy) is 1. The lowest BCUT2D eigenvalue weighted by atomic mass is 10.00. The molecule has 1 aliphatic heterocycles. The minimum atomic E-state index is 0.173. The van der Waals surface area contributed by atoms with Crippen molar-refractivity contribution in [2.75, 3.05) is 19.8 Å². The molecule has 0 bridgehead atoms. The van der Waals surface area contributed by atoms with Gasteiger partial charge in [-0.1, -0.05) is 0 Å². The van der Waals surface area contributed by atoms with E-state index in [0.717, 1.165) is 26.1 Å². The molecule has 0 radical (unpaired) electrons. The monoisotopic (exact) mass is 144 g/mol. The second-order valence-electron chi connectivity index (χ2n) is 2.96. The van der Waals surface area contributed by atoms with Crippen molar-refractivity contribution in [2.24, 2.45) is 17.4 Å². The summed E-state index contributed by atoms with van der Waals surface area (Å²) in [5, 5.41) is 0.